The first-order chi connectivity index (χ1) is 12.0. The molecule has 0 radical (unpaired) electrons. The molecule has 25 heavy (non-hydrogen) atoms. The monoisotopic (exact) mass is 338 g/mol. The van der Waals surface area contributed by atoms with Crippen molar-refractivity contribution in [3.8, 4) is 11.3 Å². The fourth-order valence-corrected chi connectivity index (χ4v) is 4.18. The van der Waals surface area contributed by atoms with E-state index >= 15 is 0 Å². The molecule has 5 heteroatoms. The molecule has 0 aliphatic carbocycles. The van der Waals surface area contributed by atoms with Crippen molar-refractivity contribution >= 4 is 11.7 Å². The maximum absolute atomic E-state index is 12.7. The Morgan fingerprint density at radius 2 is 1.88 bits per heavy atom. The average Bonchev–Trinajstić information content (AvgIpc) is 2.57. The zero-order valence-corrected chi connectivity index (χ0v) is 15.0. The Kier molecular flexibility index (Phi) is 3.94. The molecule has 2 aliphatic heterocycles. The molecule has 4 rings (SSSR count). The highest BCUT2D eigenvalue weighted by molar-refractivity contribution is 5.91. The molecule has 0 saturated carbocycles. The number of rotatable bonds is 2. The number of fused-ring (bicyclic) bond motifs is 2. The second-order valence-electron chi connectivity index (χ2n) is 7.55. The zero-order valence-electron chi connectivity index (χ0n) is 15.0. The van der Waals surface area contributed by atoms with E-state index < -0.39 is 0 Å². The molecule has 1 N–H and O–H groups in total. The van der Waals surface area contributed by atoms with E-state index in [2.05, 4.69) is 22.4 Å². The van der Waals surface area contributed by atoms with Crippen LogP contribution in [0.3, 0.4) is 0 Å². The molecule has 1 aromatic heterocycles. The highest BCUT2D eigenvalue weighted by atomic mass is 16.2. The lowest BCUT2D eigenvalue weighted by atomic mass is 9.74. The first-order valence-corrected chi connectivity index (χ1v) is 9.02. The number of nitrogens with zero attached hydrogens (tertiary/aromatic N) is 3. The maximum Gasteiger partial charge on any atom is 0.322 e. The van der Waals surface area contributed by atoms with Gasteiger partial charge in [0, 0.05) is 24.8 Å². The lowest BCUT2D eigenvalue weighted by Crippen LogP contribution is -2.63. The highest BCUT2D eigenvalue weighted by Gasteiger charge is 2.46. The Bertz CT molecular complexity index is 796. The summed E-state index contributed by atoms with van der Waals surface area (Å²) in [5, 5.41) is 11.5. The van der Waals surface area contributed by atoms with Crippen LogP contribution in [0.15, 0.2) is 30.3 Å². The van der Waals surface area contributed by atoms with Crippen LogP contribution in [-0.4, -0.2) is 33.2 Å². The summed E-state index contributed by atoms with van der Waals surface area (Å²) >= 11 is 0. The number of carbonyl (C=O) groups excluding carboxylic acids is 1. The van der Waals surface area contributed by atoms with Crippen molar-refractivity contribution in [1.29, 1.82) is 0 Å². The second kappa shape index (κ2) is 6.14. The van der Waals surface area contributed by atoms with Crippen molar-refractivity contribution in [3.05, 3.63) is 41.6 Å². The molecule has 2 unspecified atom stereocenters. The van der Waals surface area contributed by atoms with Crippen LogP contribution in [0.4, 0.5) is 10.5 Å². The number of aryl methyl sites for hydroxylation is 2. The molecule has 2 fully saturated rings. The quantitative estimate of drug-likeness (QED) is 0.882. The molecule has 132 valence electrons. The summed E-state index contributed by atoms with van der Waals surface area (Å²) in [6.07, 6.45) is 3.42. The maximum atomic E-state index is 12.7. The van der Waals surface area contributed by atoms with Crippen molar-refractivity contribution < 1.29 is 6.22 Å². The third kappa shape index (κ3) is 2.99. The fourth-order valence-electron chi connectivity index (χ4n) is 4.18. The number of carbonyl (C=O) groups is 1. The van der Waals surface area contributed by atoms with Gasteiger partial charge >= 0.3 is 6.03 Å². The summed E-state index contributed by atoms with van der Waals surface area (Å²) in [6, 6.07) is 10.8. The van der Waals surface area contributed by atoms with Gasteiger partial charge in [0.05, 0.1) is 11.4 Å². The second-order valence-corrected chi connectivity index (χ2v) is 7.55. The molecule has 1 aromatic carbocycles. The largest absolute Gasteiger partial charge is 0.322 e. The van der Waals surface area contributed by atoms with Gasteiger partial charge in [-0.25, -0.2) is 4.79 Å². The average molecular weight is 338 g/mol. The lowest BCUT2D eigenvalue weighted by Gasteiger charge is -2.54. The number of hydrogen-bond donors (Lipinski definition) is 1. The number of benzene rings is 1. The fraction of sp³-hybridized carbons (Fsp3) is 0.450. The van der Waals surface area contributed by atoms with Crippen LogP contribution in [0.1, 0.15) is 38.9 Å². The third-order valence-corrected chi connectivity index (χ3v) is 5.48. The number of piperidine rings is 1. The summed E-state index contributed by atoms with van der Waals surface area (Å²) in [7, 11) is 0. The number of aromatic nitrogens is 2. The topological polar surface area (TPSA) is 58.1 Å². The minimum absolute atomic E-state index is 0. The Morgan fingerprint density at radius 1 is 1.12 bits per heavy atom. The Balaban J connectivity index is 0.00000196. The molecular formula is C20H26N4O. The van der Waals surface area contributed by atoms with E-state index in [-0.39, 0.29) is 7.46 Å². The predicted molar refractivity (Wildman–Crippen MR) is 101 cm³/mol. The smallest absolute Gasteiger partial charge is 0.318 e. The zero-order chi connectivity index (χ0) is 17.6. The van der Waals surface area contributed by atoms with Crippen molar-refractivity contribution in [2.24, 2.45) is 5.92 Å². The lowest BCUT2D eigenvalue weighted by molar-refractivity contribution is -0.00600. The SMILES string of the molecule is Cc1ccc(-c2cc(NC(=O)N3C4CC(C)CC3C4)ccc2C)nn1.[HH]. The normalized spacial score (nSPS) is 24.6. The van der Waals surface area contributed by atoms with Crippen molar-refractivity contribution in [2.75, 3.05) is 5.32 Å². The molecule has 5 nitrogen and oxygen atoms in total. The van der Waals surface area contributed by atoms with Gasteiger partial charge in [-0.15, -0.1) is 0 Å². The molecule has 3 heterocycles. The van der Waals surface area contributed by atoms with Gasteiger partial charge in [-0.2, -0.15) is 10.2 Å². The Morgan fingerprint density at radius 3 is 2.56 bits per heavy atom. The van der Waals surface area contributed by atoms with Crippen LogP contribution >= 0.6 is 0 Å². The minimum atomic E-state index is 0. The molecule has 2 amide bonds. The van der Waals surface area contributed by atoms with Gasteiger partial charge in [0.1, 0.15) is 0 Å². The van der Waals surface area contributed by atoms with Gasteiger partial charge in [-0.05, 0) is 68.9 Å². The van der Waals surface area contributed by atoms with E-state index in [1.54, 1.807) is 0 Å². The van der Waals surface area contributed by atoms with Crippen LogP contribution in [0.5, 0.6) is 0 Å². The number of nitrogens with one attached hydrogen (secondary N) is 1. The number of anilines is 1. The predicted octanol–water partition coefficient (Wildman–Crippen LogP) is 4.41. The molecule has 2 bridgehead atoms. The summed E-state index contributed by atoms with van der Waals surface area (Å²) in [4.78, 5) is 14.7. The first-order valence-electron chi connectivity index (χ1n) is 9.02. The molecule has 2 aliphatic rings. The van der Waals surface area contributed by atoms with E-state index in [9.17, 15) is 4.79 Å². The van der Waals surface area contributed by atoms with Crippen LogP contribution < -0.4 is 5.32 Å². The van der Waals surface area contributed by atoms with Crippen molar-refractivity contribution in [1.82, 2.24) is 15.1 Å². The number of hydrogen-bond acceptors (Lipinski definition) is 3. The summed E-state index contributed by atoms with van der Waals surface area (Å²) in [5.74, 6) is 0.735. The van der Waals surface area contributed by atoms with Crippen molar-refractivity contribution in [3.63, 3.8) is 0 Å². The molecule has 2 atom stereocenters. The molecule has 2 saturated heterocycles. The third-order valence-electron chi connectivity index (χ3n) is 5.48. The van der Waals surface area contributed by atoms with Crippen LogP contribution in [0.25, 0.3) is 11.3 Å². The first kappa shape index (κ1) is 16.1. The van der Waals surface area contributed by atoms with Crippen LogP contribution in [-0.2, 0) is 0 Å². The van der Waals surface area contributed by atoms with Gasteiger partial charge in [-0.1, -0.05) is 13.0 Å². The van der Waals surface area contributed by atoms with Gasteiger partial charge in [0.15, 0.2) is 0 Å². The number of amides is 2. The van der Waals surface area contributed by atoms with Crippen molar-refractivity contribution in [2.45, 2.75) is 52.1 Å². The van der Waals surface area contributed by atoms with E-state index in [4.69, 9.17) is 0 Å². The molecule has 0 spiro atoms. The van der Waals surface area contributed by atoms with E-state index in [1.807, 2.05) is 49.1 Å². The van der Waals surface area contributed by atoms with E-state index in [0.29, 0.717) is 12.1 Å². The van der Waals surface area contributed by atoms with Gasteiger partial charge < -0.3 is 10.2 Å². The minimum Gasteiger partial charge on any atom is -0.318 e. The number of urea groups is 1. The summed E-state index contributed by atoms with van der Waals surface area (Å²) in [5.41, 5.74) is 4.65. The molecular weight excluding hydrogens is 312 g/mol. The summed E-state index contributed by atoms with van der Waals surface area (Å²) < 4.78 is 0. The standard InChI is InChI=1S/C20H24N4O.H2/c1-12-8-16-11-17(9-12)24(16)20(25)21-15-6-4-13(2)18(10-15)19-7-5-14(3)22-23-19;/h4-7,10,12,16-17H,8-9,11H2,1-3H3,(H,21,25);1H. The Labute approximate surface area is 149 Å². The van der Waals surface area contributed by atoms with E-state index in [0.717, 1.165) is 53.4 Å². The van der Waals surface area contributed by atoms with Gasteiger partial charge in [-0.3, -0.25) is 0 Å². The van der Waals surface area contributed by atoms with E-state index in [1.165, 1.54) is 0 Å². The molecule has 2 aromatic rings. The highest BCUT2D eigenvalue weighted by Crippen LogP contribution is 2.41. The van der Waals surface area contributed by atoms with Crippen LogP contribution in [0.2, 0.25) is 0 Å². The van der Waals surface area contributed by atoms with Gasteiger partial charge in [0.2, 0.25) is 0 Å². The van der Waals surface area contributed by atoms with Gasteiger partial charge in [0.25, 0.3) is 0 Å². The van der Waals surface area contributed by atoms with Crippen LogP contribution in [0, 0.1) is 19.8 Å². The Hall–Kier alpha value is -2.43. The summed E-state index contributed by atoms with van der Waals surface area (Å²) in [6.45, 7) is 6.25.